The summed E-state index contributed by atoms with van der Waals surface area (Å²) < 4.78 is 3.29. The van der Waals surface area contributed by atoms with Crippen molar-refractivity contribution in [2.24, 2.45) is 5.92 Å². The SMILES string of the molecule is C=O.CCC(CC)C(c1ccc(Nc2nc3ccccc3s2)cc1)n1cccn1. The summed E-state index contributed by atoms with van der Waals surface area (Å²) in [6.45, 7) is 6.52. The summed E-state index contributed by atoms with van der Waals surface area (Å²) in [6.07, 6.45) is 6.19. The minimum Gasteiger partial charge on any atom is -0.332 e. The van der Waals surface area contributed by atoms with E-state index in [1.807, 2.05) is 37.3 Å². The number of benzene rings is 2. The fraction of sp³-hybridized carbons (Fsp3) is 0.261. The molecule has 0 fully saturated rings. The number of hydrogen-bond donors (Lipinski definition) is 1. The Bertz CT molecular complexity index is 974. The number of para-hydroxylation sites is 1. The van der Waals surface area contributed by atoms with E-state index in [1.54, 1.807) is 11.3 Å². The van der Waals surface area contributed by atoms with E-state index in [-0.39, 0.29) is 6.04 Å². The number of thiazole rings is 1. The van der Waals surface area contributed by atoms with E-state index >= 15 is 0 Å². The van der Waals surface area contributed by atoms with Crippen LogP contribution in [0.15, 0.2) is 67.0 Å². The number of nitrogens with zero attached hydrogens (tertiary/aromatic N) is 3. The lowest BCUT2D eigenvalue weighted by Gasteiger charge is -2.26. The summed E-state index contributed by atoms with van der Waals surface area (Å²) in [7, 11) is 0. The molecule has 0 saturated heterocycles. The number of anilines is 2. The second-order valence-electron chi connectivity index (χ2n) is 6.74. The highest BCUT2D eigenvalue weighted by molar-refractivity contribution is 7.22. The molecule has 150 valence electrons. The summed E-state index contributed by atoms with van der Waals surface area (Å²) in [6, 6.07) is 19.2. The van der Waals surface area contributed by atoms with Crippen molar-refractivity contribution in [3.05, 3.63) is 72.6 Å². The van der Waals surface area contributed by atoms with Crippen molar-refractivity contribution in [2.45, 2.75) is 32.7 Å². The van der Waals surface area contributed by atoms with Gasteiger partial charge in [0.1, 0.15) is 6.79 Å². The molecular formula is C23H26N4OS. The van der Waals surface area contributed by atoms with E-state index in [4.69, 9.17) is 4.79 Å². The first-order valence-corrected chi connectivity index (χ1v) is 10.6. The molecule has 5 nitrogen and oxygen atoms in total. The van der Waals surface area contributed by atoms with E-state index < -0.39 is 0 Å². The number of rotatable bonds is 7. The standard InChI is InChI=1S/C22H24N4S.CH2O/c1-3-16(4-2)21(26-15-7-14-23-26)17-10-12-18(13-11-17)24-22-25-19-8-5-6-9-20(19)27-22;1-2/h5-16,21H,3-4H2,1-2H3,(H,24,25);1H2. The maximum Gasteiger partial charge on any atom is 0.188 e. The predicted molar refractivity (Wildman–Crippen MR) is 121 cm³/mol. The highest BCUT2D eigenvalue weighted by Crippen LogP contribution is 2.33. The molecule has 4 rings (SSSR count). The zero-order valence-corrected chi connectivity index (χ0v) is 17.6. The quantitative estimate of drug-likeness (QED) is 0.404. The Kier molecular flexibility index (Phi) is 7.14. The monoisotopic (exact) mass is 406 g/mol. The molecule has 0 radical (unpaired) electrons. The molecule has 0 bridgehead atoms. The van der Waals surface area contributed by atoms with Gasteiger partial charge in [-0.25, -0.2) is 4.98 Å². The van der Waals surface area contributed by atoms with Crippen molar-refractivity contribution >= 4 is 39.2 Å². The van der Waals surface area contributed by atoms with Gasteiger partial charge in [-0.3, -0.25) is 4.68 Å². The Hall–Kier alpha value is -2.99. The van der Waals surface area contributed by atoms with Gasteiger partial charge in [0, 0.05) is 18.1 Å². The highest BCUT2D eigenvalue weighted by Gasteiger charge is 2.22. The predicted octanol–water partition coefficient (Wildman–Crippen LogP) is 6.08. The fourth-order valence-electron chi connectivity index (χ4n) is 3.63. The first-order valence-electron chi connectivity index (χ1n) is 9.79. The minimum absolute atomic E-state index is 0.270. The Labute approximate surface area is 175 Å². The lowest BCUT2D eigenvalue weighted by atomic mass is 9.89. The first-order chi connectivity index (χ1) is 14.3. The largest absolute Gasteiger partial charge is 0.332 e. The Balaban J connectivity index is 0.00000117. The molecule has 0 spiro atoms. The number of hydrogen-bond acceptors (Lipinski definition) is 5. The molecule has 2 aromatic heterocycles. The van der Waals surface area contributed by atoms with E-state index in [9.17, 15) is 0 Å². The third-order valence-electron chi connectivity index (χ3n) is 5.10. The lowest BCUT2D eigenvalue weighted by Crippen LogP contribution is -2.20. The van der Waals surface area contributed by atoms with Gasteiger partial charge in [0.05, 0.1) is 16.3 Å². The molecule has 2 heterocycles. The normalized spacial score (nSPS) is 11.8. The third kappa shape index (κ3) is 4.71. The number of aromatic nitrogens is 3. The Morgan fingerprint density at radius 2 is 1.76 bits per heavy atom. The van der Waals surface area contributed by atoms with E-state index in [0.29, 0.717) is 5.92 Å². The zero-order valence-electron chi connectivity index (χ0n) is 16.8. The average molecular weight is 407 g/mol. The van der Waals surface area contributed by atoms with Crippen molar-refractivity contribution in [1.29, 1.82) is 0 Å². The average Bonchev–Trinajstić information content (AvgIpc) is 3.43. The summed E-state index contributed by atoms with van der Waals surface area (Å²) in [5.74, 6) is 0.563. The number of fused-ring (bicyclic) bond motifs is 1. The molecule has 1 unspecified atom stereocenters. The summed E-state index contributed by atoms with van der Waals surface area (Å²) in [5.41, 5.74) is 3.39. The van der Waals surface area contributed by atoms with Gasteiger partial charge in [-0.05, 0) is 41.8 Å². The van der Waals surface area contributed by atoms with Gasteiger partial charge in [-0.1, -0.05) is 62.3 Å². The van der Waals surface area contributed by atoms with Crippen molar-refractivity contribution in [1.82, 2.24) is 14.8 Å². The van der Waals surface area contributed by atoms with Gasteiger partial charge < -0.3 is 10.1 Å². The highest BCUT2D eigenvalue weighted by atomic mass is 32.1. The van der Waals surface area contributed by atoms with Crippen LogP contribution in [0.1, 0.15) is 38.3 Å². The van der Waals surface area contributed by atoms with Crippen molar-refractivity contribution in [2.75, 3.05) is 5.32 Å². The lowest BCUT2D eigenvalue weighted by molar-refractivity contribution is -0.0979. The number of carbonyl (C=O) groups is 1. The Morgan fingerprint density at radius 1 is 1.03 bits per heavy atom. The molecule has 1 atom stereocenters. The molecule has 0 amide bonds. The number of nitrogens with one attached hydrogen (secondary N) is 1. The number of carbonyl (C=O) groups excluding carboxylic acids is 1. The summed E-state index contributed by atoms with van der Waals surface area (Å²) in [4.78, 5) is 12.7. The molecule has 4 aromatic rings. The molecule has 0 aliphatic carbocycles. The van der Waals surface area contributed by atoms with Crippen LogP contribution in [-0.4, -0.2) is 21.6 Å². The maximum absolute atomic E-state index is 8.00. The van der Waals surface area contributed by atoms with Crippen LogP contribution in [0.3, 0.4) is 0 Å². The summed E-state index contributed by atoms with van der Waals surface area (Å²) >= 11 is 1.68. The summed E-state index contributed by atoms with van der Waals surface area (Å²) in [5, 5.41) is 8.88. The van der Waals surface area contributed by atoms with Gasteiger partial charge in [0.2, 0.25) is 0 Å². The van der Waals surface area contributed by atoms with Crippen LogP contribution in [0, 0.1) is 5.92 Å². The van der Waals surface area contributed by atoms with E-state index in [2.05, 4.69) is 70.5 Å². The van der Waals surface area contributed by atoms with Crippen LogP contribution in [0.4, 0.5) is 10.8 Å². The van der Waals surface area contributed by atoms with Gasteiger partial charge >= 0.3 is 0 Å². The van der Waals surface area contributed by atoms with Crippen molar-refractivity contribution in [3.8, 4) is 0 Å². The van der Waals surface area contributed by atoms with Gasteiger partial charge in [-0.2, -0.15) is 5.10 Å². The van der Waals surface area contributed by atoms with Crippen LogP contribution in [0.2, 0.25) is 0 Å². The molecule has 2 aromatic carbocycles. The second-order valence-corrected chi connectivity index (χ2v) is 7.77. The molecule has 0 saturated carbocycles. The van der Waals surface area contributed by atoms with Gasteiger partial charge in [0.15, 0.2) is 5.13 Å². The van der Waals surface area contributed by atoms with Gasteiger partial charge in [0.25, 0.3) is 0 Å². The minimum atomic E-state index is 0.270. The van der Waals surface area contributed by atoms with E-state index in [0.717, 1.165) is 29.2 Å². The van der Waals surface area contributed by atoms with Crippen LogP contribution in [-0.2, 0) is 4.79 Å². The van der Waals surface area contributed by atoms with Crippen molar-refractivity contribution in [3.63, 3.8) is 0 Å². The zero-order chi connectivity index (χ0) is 20.6. The molecule has 0 aliphatic rings. The van der Waals surface area contributed by atoms with E-state index in [1.165, 1.54) is 10.3 Å². The van der Waals surface area contributed by atoms with Gasteiger partial charge in [-0.15, -0.1) is 0 Å². The van der Waals surface area contributed by atoms with Crippen LogP contribution in [0.5, 0.6) is 0 Å². The molecular weight excluding hydrogens is 380 g/mol. The molecule has 6 heteroatoms. The third-order valence-corrected chi connectivity index (χ3v) is 6.05. The topological polar surface area (TPSA) is 59.8 Å². The van der Waals surface area contributed by atoms with Crippen LogP contribution < -0.4 is 5.32 Å². The Morgan fingerprint density at radius 3 is 2.38 bits per heavy atom. The van der Waals surface area contributed by atoms with Crippen LogP contribution in [0.25, 0.3) is 10.2 Å². The molecule has 1 N–H and O–H groups in total. The first kappa shape index (κ1) is 20.7. The van der Waals surface area contributed by atoms with Crippen molar-refractivity contribution < 1.29 is 4.79 Å². The maximum atomic E-state index is 8.00. The smallest absolute Gasteiger partial charge is 0.188 e. The molecule has 0 aliphatic heterocycles. The second kappa shape index (κ2) is 9.98. The molecule has 29 heavy (non-hydrogen) atoms. The van der Waals surface area contributed by atoms with Crippen LogP contribution >= 0.6 is 11.3 Å². The fourth-order valence-corrected chi connectivity index (χ4v) is 4.52.